The van der Waals surface area contributed by atoms with Crippen molar-refractivity contribution in [3.63, 3.8) is 0 Å². The molecule has 1 atom stereocenters. The summed E-state index contributed by atoms with van der Waals surface area (Å²) in [6, 6.07) is 7.83. The zero-order chi connectivity index (χ0) is 11.8. The van der Waals surface area contributed by atoms with E-state index in [4.69, 9.17) is 4.74 Å². The van der Waals surface area contributed by atoms with Gasteiger partial charge in [0.15, 0.2) is 0 Å². The first-order valence-electron chi connectivity index (χ1n) is 5.76. The van der Waals surface area contributed by atoms with Crippen LogP contribution in [0.1, 0.15) is 18.9 Å². The lowest BCUT2D eigenvalue weighted by Gasteiger charge is -2.17. The molecule has 0 spiro atoms. The summed E-state index contributed by atoms with van der Waals surface area (Å²) in [5, 5.41) is 12.6. The molecule has 0 fully saturated rings. The van der Waals surface area contributed by atoms with E-state index < -0.39 is 0 Å². The molecule has 0 aliphatic rings. The van der Waals surface area contributed by atoms with Crippen LogP contribution in [0.3, 0.4) is 0 Å². The van der Waals surface area contributed by atoms with E-state index >= 15 is 0 Å². The van der Waals surface area contributed by atoms with E-state index in [9.17, 15) is 5.11 Å². The van der Waals surface area contributed by atoms with Crippen molar-refractivity contribution in [2.45, 2.75) is 25.8 Å². The van der Waals surface area contributed by atoms with E-state index in [1.165, 1.54) is 5.56 Å². The SMILES string of the molecule is CCNC(CCOC)Cc1ccc(O)cc1. The molecule has 0 amide bonds. The van der Waals surface area contributed by atoms with E-state index in [1.54, 1.807) is 19.2 Å². The third-order valence-electron chi connectivity index (χ3n) is 2.58. The van der Waals surface area contributed by atoms with Crippen LogP contribution in [0.15, 0.2) is 24.3 Å². The van der Waals surface area contributed by atoms with Crippen molar-refractivity contribution in [3.05, 3.63) is 29.8 Å². The lowest BCUT2D eigenvalue weighted by Crippen LogP contribution is -2.32. The van der Waals surface area contributed by atoms with Crippen LogP contribution in [0.25, 0.3) is 0 Å². The maximum Gasteiger partial charge on any atom is 0.115 e. The molecule has 0 bridgehead atoms. The molecule has 2 N–H and O–H groups in total. The number of benzene rings is 1. The van der Waals surface area contributed by atoms with Crippen molar-refractivity contribution in [1.82, 2.24) is 5.32 Å². The summed E-state index contributed by atoms with van der Waals surface area (Å²) in [5.41, 5.74) is 1.24. The molecule has 0 aliphatic heterocycles. The average Bonchev–Trinajstić information content (AvgIpc) is 2.29. The van der Waals surface area contributed by atoms with Gasteiger partial charge in [-0.3, -0.25) is 0 Å². The zero-order valence-electron chi connectivity index (χ0n) is 10.1. The summed E-state index contributed by atoms with van der Waals surface area (Å²) in [7, 11) is 1.73. The molecule has 0 saturated heterocycles. The molecule has 1 rings (SSSR count). The lowest BCUT2D eigenvalue weighted by molar-refractivity contribution is 0.183. The highest BCUT2D eigenvalue weighted by molar-refractivity contribution is 5.26. The number of hydrogen-bond donors (Lipinski definition) is 2. The molecule has 90 valence electrons. The molecular weight excluding hydrogens is 202 g/mol. The molecular formula is C13H21NO2. The second-order valence-electron chi connectivity index (χ2n) is 3.91. The van der Waals surface area contributed by atoms with Crippen molar-refractivity contribution < 1.29 is 9.84 Å². The number of hydrogen-bond acceptors (Lipinski definition) is 3. The first kappa shape index (κ1) is 13.0. The van der Waals surface area contributed by atoms with Crippen molar-refractivity contribution in [1.29, 1.82) is 0 Å². The number of aromatic hydroxyl groups is 1. The predicted octanol–water partition coefficient (Wildman–Crippen LogP) is 1.95. The standard InChI is InChI=1S/C13H21NO2/c1-3-14-12(8-9-16-2)10-11-4-6-13(15)7-5-11/h4-7,12,14-15H,3,8-10H2,1-2H3. The van der Waals surface area contributed by atoms with E-state index in [0.29, 0.717) is 11.8 Å². The number of ether oxygens (including phenoxy) is 1. The number of phenolic OH excluding ortho intramolecular Hbond substituents is 1. The second kappa shape index (κ2) is 7.25. The predicted molar refractivity (Wildman–Crippen MR) is 65.8 cm³/mol. The Bertz CT molecular complexity index is 284. The quantitative estimate of drug-likeness (QED) is 0.742. The zero-order valence-corrected chi connectivity index (χ0v) is 10.1. The highest BCUT2D eigenvalue weighted by Crippen LogP contribution is 2.12. The topological polar surface area (TPSA) is 41.5 Å². The summed E-state index contributed by atoms with van der Waals surface area (Å²) >= 11 is 0. The monoisotopic (exact) mass is 223 g/mol. The second-order valence-corrected chi connectivity index (χ2v) is 3.91. The highest BCUT2D eigenvalue weighted by Gasteiger charge is 2.07. The summed E-state index contributed by atoms with van der Waals surface area (Å²) < 4.78 is 5.10. The Morgan fingerprint density at radius 3 is 2.56 bits per heavy atom. The lowest BCUT2D eigenvalue weighted by atomic mass is 10.0. The van der Waals surface area contributed by atoms with Gasteiger partial charge in [-0.05, 0) is 37.1 Å². The molecule has 3 nitrogen and oxygen atoms in total. The fraction of sp³-hybridized carbons (Fsp3) is 0.538. The van der Waals surface area contributed by atoms with Crippen LogP contribution in [0, 0.1) is 0 Å². The van der Waals surface area contributed by atoms with Gasteiger partial charge in [0, 0.05) is 19.8 Å². The van der Waals surface area contributed by atoms with Crippen LogP contribution < -0.4 is 5.32 Å². The van der Waals surface area contributed by atoms with E-state index in [2.05, 4.69) is 12.2 Å². The maximum atomic E-state index is 9.20. The van der Waals surface area contributed by atoms with Gasteiger partial charge < -0.3 is 15.2 Å². The fourth-order valence-electron chi connectivity index (χ4n) is 1.74. The minimum atomic E-state index is 0.320. The van der Waals surface area contributed by atoms with E-state index in [-0.39, 0.29) is 0 Å². The van der Waals surface area contributed by atoms with Gasteiger partial charge in [-0.25, -0.2) is 0 Å². The van der Waals surface area contributed by atoms with Gasteiger partial charge in [0.2, 0.25) is 0 Å². The van der Waals surface area contributed by atoms with Gasteiger partial charge in [0.05, 0.1) is 0 Å². The third kappa shape index (κ3) is 4.64. The Labute approximate surface area is 97.4 Å². The molecule has 0 aromatic heterocycles. The summed E-state index contributed by atoms with van der Waals surface area (Å²) in [6.45, 7) is 3.85. The minimum absolute atomic E-state index is 0.320. The Balaban J connectivity index is 2.49. The Hall–Kier alpha value is -1.06. The van der Waals surface area contributed by atoms with Crippen molar-refractivity contribution >= 4 is 0 Å². The number of nitrogens with one attached hydrogen (secondary N) is 1. The summed E-state index contributed by atoms with van der Waals surface area (Å²) in [4.78, 5) is 0. The summed E-state index contributed by atoms with van der Waals surface area (Å²) in [5.74, 6) is 0.320. The van der Waals surface area contributed by atoms with E-state index in [0.717, 1.165) is 26.0 Å². The minimum Gasteiger partial charge on any atom is -0.508 e. The first-order chi connectivity index (χ1) is 7.76. The van der Waals surface area contributed by atoms with Crippen LogP contribution >= 0.6 is 0 Å². The fourth-order valence-corrected chi connectivity index (χ4v) is 1.74. The Morgan fingerprint density at radius 1 is 1.31 bits per heavy atom. The molecule has 1 aromatic carbocycles. The molecule has 0 radical (unpaired) electrons. The largest absolute Gasteiger partial charge is 0.508 e. The number of rotatable bonds is 7. The van der Waals surface area contributed by atoms with Crippen LogP contribution in [0.5, 0.6) is 5.75 Å². The van der Waals surface area contributed by atoms with Crippen molar-refractivity contribution in [3.8, 4) is 5.75 Å². The van der Waals surface area contributed by atoms with Crippen LogP contribution in [-0.2, 0) is 11.2 Å². The number of likely N-dealkylation sites (N-methyl/N-ethyl adjacent to an activating group) is 1. The normalized spacial score (nSPS) is 12.6. The van der Waals surface area contributed by atoms with Crippen LogP contribution in [-0.4, -0.2) is 31.4 Å². The van der Waals surface area contributed by atoms with Gasteiger partial charge in [-0.2, -0.15) is 0 Å². The van der Waals surface area contributed by atoms with E-state index in [1.807, 2.05) is 12.1 Å². The maximum absolute atomic E-state index is 9.20. The Morgan fingerprint density at radius 2 is 2.00 bits per heavy atom. The van der Waals surface area contributed by atoms with Gasteiger partial charge in [0.25, 0.3) is 0 Å². The average molecular weight is 223 g/mol. The first-order valence-corrected chi connectivity index (χ1v) is 5.76. The molecule has 0 aliphatic carbocycles. The molecule has 0 heterocycles. The molecule has 16 heavy (non-hydrogen) atoms. The van der Waals surface area contributed by atoms with Gasteiger partial charge >= 0.3 is 0 Å². The third-order valence-corrected chi connectivity index (χ3v) is 2.58. The Kier molecular flexibility index (Phi) is 5.90. The molecule has 0 saturated carbocycles. The molecule has 3 heteroatoms. The van der Waals surface area contributed by atoms with Crippen LogP contribution in [0.4, 0.5) is 0 Å². The molecule has 1 aromatic rings. The summed E-state index contributed by atoms with van der Waals surface area (Å²) in [6.07, 6.45) is 1.97. The highest BCUT2D eigenvalue weighted by atomic mass is 16.5. The van der Waals surface area contributed by atoms with Crippen molar-refractivity contribution in [2.75, 3.05) is 20.3 Å². The smallest absolute Gasteiger partial charge is 0.115 e. The van der Waals surface area contributed by atoms with Crippen LogP contribution in [0.2, 0.25) is 0 Å². The number of methoxy groups -OCH3 is 1. The van der Waals surface area contributed by atoms with Gasteiger partial charge in [0.1, 0.15) is 5.75 Å². The van der Waals surface area contributed by atoms with Crippen molar-refractivity contribution in [2.24, 2.45) is 0 Å². The number of phenols is 1. The van der Waals surface area contributed by atoms with Gasteiger partial charge in [-0.15, -0.1) is 0 Å². The molecule has 1 unspecified atom stereocenters. The van der Waals surface area contributed by atoms with Gasteiger partial charge in [-0.1, -0.05) is 19.1 Å².